The minimum atomic E-state index is 0.685. The Hall–Kier alpha value is -3.07. The second kappa shape index (κ2) is 6.27. The third kappa shape index (κ3) is 2.71. The van der Waals surface area contributed by atoms with Gasteiger partial charge >= 0.3 is 0 Å². The maximum absolute atomic E-state index is 4.71. The van der Waals surface area contributed by atoms with E-state index in [1.54, 1.807) is 23.2 Å². The van der Waals surface area contributed by atoms with Crippen molar-refractivity contribution in [1.82, 2.24) is 39.1 Å². The molecule has 5 aromatic rings. The number of rotatable bonds is 4. The first-order chi connectivity index (χ1) is 13.2. The van der Waals surface area contributed by atoms with E-state index in [2.05, 4.69) is 36.2 Å². The number of fused-ring (bicyclic) bond motifs is 3. The first-order valence-electron chi connectivity index (χ1n) is 8.52. The van der Waals surface area contributed by atoms with Gasteiger partial charge in [-0.1, -0.05) is 18.2 Å². The van der Waals surface area contributed by atoms with E-state index < -0.39 is 0 Å². The van der Waals surface area contributed by atoms with E-state index in [1.165, 1.54) is 0 Å². The van der Waals surface area contributed by atoms with Gasteiger partial charge in [0.05, 0.1) is 27.9 Å². The van der Waals surface area contributed by atoms with Crippen molar-refractivity contribution in [1.29, 1.82) is 0 Å². The van der Waals surface area contributed by atoms with Crippen LogP contribution in [-0.4, -0.2) is 39.1 Å². The molecule has 4 aromatic heterocycles. The molecule has 0 unspecified atom stereocenters. The Morgan fingerprint density at radius 1 is 1.04 bits per heavy atom. The fraction of sp³-hybridized carbons (Fsp3) is 0.167. The van der Waals surface area contributed by atoms with E-state index in [4.69, 9.17) is 4.98 Å². The molecule has 27 heavy (non-hydrogen) atoms. The van der Waals surface area contributed by atoms with Crippen molar-refractivity contribution in [3.63, 3.8) is 0 Å². The van der Waals surface area contributed by atoms with Crippen LogP contribution in [0.25, 0.3) is 22.4 Å². The van der Waals surface area contributed by atoms with Crippen molar-refractivity contribution in [3.8, 4) is 5.69 Å². The monoisotopic (exact) mass is 422 g/mol. The summed E-state index contributed by atoms with van der Waals surface area (Å²) in [5.41, 5.74) is 3.57. The summed E-state index contributed by atoms with van der Waals surface area (Å²) in [6.07, 6.45) is 5.96. The number of para-hydroxylation sites is 1. The molecule has 0 saturated heterocycles. The van der Waals surface area contributed by atoms with Crippen LogP contribution in [0.2, 0.25) is 0 Å². The van der Waals surface area contributed by atoms with Crippen LogP contribution in [0.3, 0.4) is 0 Å². The van der Waals surface area contributed by atoms with Crippen LogP contribution in [-0.2, 0) is 13.0 Å². The molecule has 0 fully saturated rings. The zero-order chi connectivity index (χ0) is 18.4. The Bertz CT molecular complexity index is 1250. The normalized spacial score (nSPS) is 11.6. The lowest BCUT2D eigenvalue weighted by molar-refractivity contribution is 0.584. The third-order valence-corrected chi connectivity index (χ3v) is 5.32. The molecule has 0 N–H and O–H groups in total. The average Bonchev–Trinajstić information content (AvgIpc) is 3.38. The highest BCUT2D eigenvalue weighted by atomic mass is 79.9. The van der Waals surface area contributed by atoms with Crippen LogP contribution in [0, 0.1) is 6.92 Å². The Kier molecular flexibility index (Phi) is 3.75. The standard InChI is InChI=1S/C18H15BrN8/c1-12-15(19)10-21-25(12)8-7-16-23-18-14-9-22-27(13-5-3-2-4-6-13)17(14)20-11-26(18)24-16/h2-6,9-11H,7-8H2,1H3. The lowest BCUT2D eigenvalue weighted by Crippen LogP contribution is -2.06. The number of halogens is 1. The maximum atomic E-state index is 4.71. The number of aromatic nitrogens is 8. The highest BCUT2D eigenvalue weighted by Gasteiger charge is 2.14. The van der Waals surface area contributed by atoms with Gasteiger partial charge in [-0.25, -0.2) is 19.2 Å². The smallest absolute Gasteiger partial charge is 0.170 e. The van der Waals surface area contributed by atoms with E-state index in [0.717, 1.165) is 38.4 Å². The Balaban J connectivity index is 1.51. The van der Waals surface area contributed by atoms with Gasteiger partial charge in [0.1, 0.15) is 6.33 Å². The van der Waals surface area contributed by atoms with Crippen molar-refractivity contribution in [2.24, 2.45) is 0 Å². The first-order valence-corrected chi connectivity index (χ1v) is 9.31. The van der Waals surface area contributed by atoms with Crippen molar-refractivity contribution >= 4 is 32.6 Å². The Labute approximate surface area is 162 Å². The second-order valence-electron chi connectivity index (χ2n) is 6.22. The topological polar surface area (TPSA) is 78.7 Å². The molecule has 5 rings (SSSR count). The molecule has 0 bridgehead atoms. The number of benzene rings is 1. The molecule has 9 heteroatoms. The molecular formula is C18H15BrN8. The summed E-state index contributed by atoms with van der Waals surface area (Å²) >= 11 is 3.48. The predicted molar refractivity (Wildman–Crippen MR) is 104 cm³/mol. The fourth-order valence-electron chi connectivity index (χ4n) is 3.08. The number of hydrogen-bond acceptors (Lipinski definition) is 5. The van der Waals surface area contributed by atoms with Gasteiger partial charge in [0.15, 0.2) is 17.1 Å². The SMILES string of the molecule is Cc1c(Br)cnn1CCc1nc2c3cnn(-c4ccccc4)c3ncn2n1. The van der Waals surface area contributed by atoms with Gasteiger partial charge in [0, 0.05) is 18.7 Å². The second-order valence-corrected chi connectivity index (χ2v) is 7.08. The minimum Gasteiger partial charge on any atom is -0.268 e. The zero-order valence-corrected chi connectivity index (χ0v) is 16.1. The summed E-state index contributed by atoms with van der Waals surface area (Å²) in [5, 5.41) is 14.3. The summed E-state index contributed by atoms with van der Waals surface area (Å²) < 4.78 is 6.47. The highest BCUT2D eigenvalue weighted by molar-refractivity contribution is 9.10. The van der Waals surface area contributed by atoms with Gasteiger partial charge in [-0.2, -0.15) is 10.2 Å². The summed E-state index contributed by atoms with van der Waals surface area (Å²) in [4.78, 5) is 9.24. The molecule has 0 aliphatic heterocycles. The van der Waals surface area contributed by atoms with Crippen molar-refractivity contribution in [2.75, 3.05) is 0 Å². The summed E-state index contributed by atoms with van der Waals surface area (Å²) in [6, 6.07) is 9.93. The highest BCUT2D eigenvalue weighted by Crippen LogP contribution is 2.20. The van der Waals surface area contributed by atoms with Crippen LogP contribution in [0.5, 0.6) is 0 Å². The molecule has 4 heterocycles. The van der Waals surface area contributed by atoms with Gasteiger partial charge in [-0.05, 0) is 35.0 Å². The van der Waals surface area contributed by atoms with Crippen LogP contribution < -0.4 is 0 Å². The van der Waals surface area contributed by atoms with Gasteiger partial charge in [-0.3, -0.25) is 4.68 Å². The molecule has 0 radical (unpaired) electrons. The summed E-state index contributed by atoms with van der Waals surface area (Å²) in [5.74, 6) is 0.753. The lowest BCUT2D eigenvalue weighted by Gasteiger charge is -2.01. The molecule has 0 spiro atoms. The lowest BCUT2D eigenvalue weighted by atomic mass is 10.3. The molecule has 0 amide bonds. The van der Waals surface area contributed by atoms with E-state index in [1.807, 2.05) is 46.6 Å². The first kappa shape index (κ1) is 16.1. The third-order valence-electron chi connectivity index (χ3n) is 4.54. The zero-order valence-electron chi connectivity index (χ0n) is 14.5. The van der Waals surface area contributed by atoms with Crippen LogP contribution in [0.1, 0.15) is 11.5 Å². The summed E-state index contributed by atoms with van der Waals surface area (Å²) in [7, 11) is 0. The minimum absolute atomic E-state index is 0.685. The molecular weight excluding hydrogens is 408 g/mol. The molecule has 0 aliphatic carbocycles. The van der Waals surface area contributed by atoms with Crippen molar-refractivity contribution < 1.29 is 0 Å². The fourth-order valence-corrected chi connectivity index (χ4v) is 3.38. The quantitative estimate of drug-likeness (QED) is 0.444. The molecule has 1 aromatic carbocycles. The number of aryl methyl sites for hydroxylation is 2. The molecule has 134 valence electrons. The molecule has 0 saturated carbocycles. The number of hydrogen-bond donors (Lipinski definition) is 0. The molecule has 8 nitrogen and oxygen atoms in total. The van der Waals surface area contributed by atoms with Crippen LogP contribution in [0.15, 0.2) is 53.5 Å². The predicted octanol–water partition coefficient (Wildman–Crippen LogP) is 2.97. The van der Waals surface area contributed by atoms with E-state index >= 15 is 0 Å². The maximum Gasteiger partial charge on any atom is 0.170 e. The number of nitrogens with zero attached hydrogens (tertiary/aromatic N) is 8. The van der Waals surface area contributed by atoms with Crippen molar-refractivity contribution in [3.05, 3.63) is 65.0 Å². The Morgan fingerprint density at radius 3 is 2.67 bits per heavy atom. The van der Waals surface area contributed by atoms with E-state index in [0.29, 0.717) is 13.0 Å². The molecule has 0 aliphatic rings. The van der Waals surface area contributed by atoms with Gasteiger partial charge in [-0.15, -0.1) is 5.10 Å². The van der Waals surface area contributed by atoms with Crippen LogP contribution >= 0.6 is 15.9 Å². The van der Waals surface area contributed by atoms with E-state index in [-0.39, 0.29) is 0 Å². The Morgan fingerprint density at radius 2 is 1.89 bits per heavy atom. The largest absolute Gasteiger partial charge is 0.268 e. The van der Waals surface area contributed by atoms with Gasteiger partial charge < -0.3 is 0 Å². The average molecular weight is 423 g/mol. The van der Waals surface area contributed by atoms with Crippen molar-refractivity contribution in [2.45, 2.75) is 19.9 Å². The van der Waals surface area contributed by atoms with Crippen LogP contribution in [0.4, 0.5) is 0 Å². The van der Waals surface area contributed by atoms with Gasteiger partial charge in [0.2, 0.25) is 0 Å². The van der Waals surface area contributed by atoms with E-state index in [9.17, 15) is 0 Å². The summed E-state index contributed by atoms with van der Waals surface area (Å²) in [6.45, 7) is 2.74. The molecule has 0 atom stereocenters. The van der Waals surface area contributed by atoms with Gasteiger partial charge in [0.25, 0.3) is 0 Å².